The highest BCUT2D eigenvalue weighted by molar-refractivity contribution is 7.17. The van der Waals surface area contributed by atoms with Gasteiger partial charge in [0.25, 0.3) is 5.91 Å². The topological polar surface area (TPSA) is 84.7 Å². The molecule has 0 spiro atoms. The Morgan fingerprint density at radius 2 is 2.07 bits per heavy atom. The van der Waals surface area contributed by atoms with Crippen molar-refractivity contribution in [3.8, 4) is 11.4 Å². The van der Waals surface area contributed by atoms with Crippen LogP contribution in [-0.2, 0) is 13.0 Å². The number of amides is 1. The van der Waals surface area contributed by atoms with Crippen LogP contribution in [0.2, 0.25) is 0 Å². The normalized spacial score (nSPS) is 16.3. The molecule has 28 heavy (non-hydrogen) atoms. The molecule has 0 saturated carbocycles. The van der Waals surface area contributed by atoms with Gasteiger partial charge in [-0.15, -0.1) is 10.2 Å². The minimum Gasteiger partial charge on any atom is -0.362 e. The molecule has 2 N–H and O–H groups in total. The average molecular weight is 397 g/mol. The van der Waals surface area contributed by atoms with Crippen molar-refractivity contribution >= 4 is 22.4 Å². The van der Waals surface area contributed by atoms with Crippen LogP contribution in [-0.4, -0.2) is 38.2 Å². The molecule has 146 valence electrons. The van der Waals surface area contributed by atoms with Gasteiger partial charge >= 0.3 is 0 Å². The third-order valence-corrected chi connectivity index (χ3v) is 6.06. The SMILES string of the molecule is CCNc1nc(C)c(C(=O)NC2CCc3nnc(-c4ccccc4)n3CC2)s1. The number of thiazole rings is 1. The monoisotopic (exact) mass is 396 g/mol. The Morgan fingerprint density at radius 1 is 1.25 bits per heavy atom. The van der Waals surface area contributed by atoms with Crippen molar-refractivity contribution in [2.45, 2.75) is 45.7 Å². The van der Waals surface area contributed by atoms with Crippen molar-refractivity contribution in [2.75, 3.05) is 11.9 Å². The minimum absolute atomic E-state index is 0.0369. The standard InChI is InChI=1S/C20H24N6OS/c1-3-21-20-22-13(2)17(28-20)19(27)23-15-9-10-16-24-25-18(26(16)12-11-15)14-7-5-4-6-8-14/h4-8,15H,3,9-12H2,1-2H3,(H,21,22)(H,23,27). The predicted octanol–water partition coefficient (Wildman–Crippen LogP) is 3.28. The van der Waals surface area contributed by atoms with Gasteiger partial charge in [0.2, 0.25) is 0 Å². The molecule has 0 radical (unpaired) electrons. The second kappa shape index (κ2) is 8.10. The number of nitrogens with zero attached hydrogens (tertiary/aromatic N) is 4. The molecule has 3 aromatic rings. The van der Waals surface area contributed by atoms with Crippen molar-refractivity contribution in [3.63, 3.8) is 0 Å². The van der Waals surface area contributed by atoms with Gasteiger partial charge in [-0.25, -0.2) is 4.98 Å². The van der Waals surface area contributed by atoms with Gasteiger partial charge in [-0.2, -0.15) is 0 Å². The van der Waals surface area contributed by atoms with E-state index in [0.717, 1.165) is 60.4 Å². The molecule has 3 heterocycles. The van der Waals surface area contributed by atoms with E-state index in [2.05, 4.69) is 42.5 Å². The van der Waals surface area contributed by atoms with Gasteiger partial charge < -0.3 is 15.2 Å². The van der Waals surface area contributed by atoms with Crippen molar-refractivity contribution in [2.24, 2.45) is 0 Å². The van der Waals surface area contributed by atoms with Crippen LogP contribution in [0.25, 0.3) is 11.4 Å². The summed E-state index contributed by atoms with van der Waals surface area (Å²) in [4.78, 5) is 17.9. The number of aryl methyl sites for hydroxylation is 2. The number of benzene rings is 1. The lowest BCUT2D eigenvalue weighted by molar-refractivity contribution is 0.0936. The number of carbonyl (C=O) groups excluding carboxylic acids is 1. The lowest BCUT2D eigenvalue weighted by Crippen LogP contribution is -2.35. The number of nitrogens with one attached hydrogen (secondary N) is 2. The van der Waals surface area contributed by atoms with Gasteiger partial charge in [-0.1, -0.05) is 41.7 Å². The van der Waals surface area contributed by atoms with Crippen LogP contribution >= 0.6 is 11.3 Å². The van der Waals surface area contributed by atoms with E-state index in [-0.39, 0.29) is 11.9 Å². The van der Waals surface area contributed by atoms with Gasteiger partial charge in [0.1, 0.15) is 10.7 Å². The van der Waals surface area contributed by atoms with Crippen molar-refractivity contribution in [3.05, 3.63) is 46.7 Å². The molecule has 2 aromatic heterocycles. The van der Waals surface area contributed by atoms with E-state index in [1.807, 2.05) is 32.0 Å². The summed E-state index contributed by atoms with van der Waals surface area (Å²) >= 11 is 1.41. The fourth-order valence-corrected chi connectivity index (χ4v) is 4.46. The second-order valence-electron chi connectivity index (χ2n) is 6.92. The summed E-state index contributed by atoms with van der Waals surface area (Å²) in [5, 5.41) is 15.9. The summed E-state index contributed by atoms with van der Waals surface area (Å²) in [7, 11) is 0. The molecule has 1 amide bonds. The summed E-state index contributed by atoms with van der Waals surface area (Å²) < 4.78 is 2.18. The Balaban J connectivity index is 1.45. The number of rotatable bonds is 5. The Kier molecular flexibility index (Phi) is 5.38. The largest absolute Gasteiger partial charge is 0.362 e. The summed E-state index contributed by atoms with van der Waals surface area (Å²) in [6, 6.07) is 10.2. The molecule has 1 aromatic carbocycles. The van der Waals surface area contributed by atoms with E-state index < -0.39 is 0 Å². The molecular weight excluding hydrogens is 372 g/mol. The van der Waals surface area contributed by atoms with Crippen molar-refractivity contribution in [1.29, 1.82) is 0 Å². The summed E-state index contributed by atoms with van der Waals surface area (Å²) in [6.07, 6.45) is 2.51. The van der Waals surface area contributed by atoms with Crippen molar-refractivity contribution < 1.29 is 4.79 Å². The maximum absolute atomic E-state index is 12.8. The number of hydrogen-bond acceptors (Lipinski definition) is 6. The van der Waals surface area contributed by atoms with Crippen LogP contribution in [0.5, 0.6) is 0 Å². The van der Waals surface area contributed by atoms with Crippen LogP contribution in [0.3, 0.4) is 0 Å². The van der Waals surface area contributed by atoms with Gasteiger partial charge in [-0.05, 0) is 26.7 Å². The zero-order chi connectivity index (χ0) is 19.5. The number of aromatic nitrogens is 4. The van der Waals surface area contributed by atoms with Crippen LogP contribution in [0.1, 0.15) is 41.0 Å². The fraction of sp³-hybridized carbons (Fsp3) is 0.400. The van der Waals surface area contributed by atoms with Crippen LogP contribution < -0.4 is 10.6 Å². The minimum atomic E-state index is -0.0369. The van der Waals surface area contributed by atoms with E-state index in [1.165, 1.54) is 11.3 Å². The van der Waals surface area contributed by atoms with Gasteiger partial charge in [0.15, 0.2) is 11.0 Å². The summed E-state index contributed by atoms with van der Waals surface area (Å²) in [5.41, 5.74) is 1.84. The van der Waals surface area contributed by atoms with Crippen LogP contribution in [0, 0.1) is 6.92 Å². The molecule has 1 aliphatic heterocycles. The molecule has 0 saturated heterocycles. The molecule has 1 atom stereocenters. The molecule has 0 aliphatic carbocycles. The smallest absolute Gasteiger partial charge is 0.263 e. The first-order valence-electron chi connectivity index (χ1n) is 9.65. The summed E-state index contributed by atoms with van der Waals surface area (Å²) in [5.74, 6) is 1.85. The zero-order valence-corrected chi connectivity index (χ0v) is 16.9. The van der Waals surface area contributed by atoms with E-state index in [1.54, 1.807) is 0 Å². The molecular formula is C20H24N6OS. The van der Waals surface area contributed by atoms with Crippen molar-refractivity contribution in [1.82, 2.24) is 25.1 Å². The molecule has 8 heteroatoms. The average Bonchev–Trinajstić information content (AvgIpc) is 3.22. The number of carbonyl (C=O) groups is 1. The highest BCUT2D eigenvalue weighted by Gasteiger charge is 2.24. The van der Waals surface area contributed by atoms with Gasteiger partial charge in [0, 0.05) is 31.1 Å². The maximum atomic E-state index is 12.8. The molecule has 1 aliphatic rings. The third-order valence-electron chi connectivity index (χ3n) is 4.94. The number of anilines is 1. The molecule has 4 rings (SSSR count). The molecule has 0 bridgehead atoms. The lowest BCUT2D eigenvalue weighted by atomic mass is 10.1. The van der Waals surface area contributed by atoms with E-state index >= 15 is 0 Å². The van der Waals surface area contributed by atoms with Crippen LogP contribution in [0.4, 0.5) is 5.13 Å². The van der Waals surface area contributed by atoms with E-state index in [9.17, 15) is 4.79 Å². The van der Waals surface area contributed by atoms with E-state index in [0.29, 0.717) is 4.88 Å². The Labute approximate surface area is 168 Å². The fourth-order valence-electron chi connectivity index (χ4n) is 3.52. The highest BCUT2D eigenvalue weighted by atomic mass is 32.1. The lowest BCUT2D eigenvalue weighted by Gasteiger charge is -2.15. The first kappa shape index (κ1) is 18.6. The molecule has 0 fully saturated rings. The van der Waals surface area contributed by atoms with Gasteiger partial charge in [-0.3, -0.25) is 4.79 Å². The number of hydrogen-bond donors (Lipinski definition) is 2. The van der Waals surface area contributed by atoms with Crippen LogP contribution in [0.15, 0.2) is 30.3 Å². The maximum Gasteiger partial charge on any atom is 0.263 e. The Morgan fingerprint density at radius 3 is 2.86 bits per heavy atom. The second-order valence-corrected chi connectivity index (χ2v) is 7.92. The first-order chi connectivity index (χ1) is 13.7. The first-order valence-corrected chi connectivity index (χ1v) is 10.5. The Hall–Kier alpha value is -2.74. The molecule has 7 nitrogen and oxygen atoms in total. The predicted molar refractivity (Wildman–Crippen MR) is 111 cm³/mol. The third kappa shape index (κ3) is 3.77. The highest BCUT2D eigenvalue weighted by Crippen LogP contribution is 2.25. The quantitative estimate of drug-likeness (QED) is 0.691. The molecule has 1 unspecified atom stereocenters. The zero-order valence-electron chi connectivity index (χ0n) is 16.1. The number of fused-ring (bicyclic) bond motifs is 1. The van der Waals surface area contributed by atoms with E-state index in [4.69, 9.17) is 0 Å². The summed E-state index contributed by atoms with van der Waals surface area (Å²) in [6.45, 7) is 5.48. The van der Waals surface area contributed by atoms with Gasteiger partial charge in [0.05, 0.1) is 5.69 Å². The Bertz CT molecular complexity index is 964.